The third-order valence-corrected chi connectivity index (χ3v) is 3.21. The molecule has 0 saturated heterocycles. The summed E-state index contributed by atoms with van der Waals surface area (Å²) >= 11 is 0. The van der Waals surface area contributed by atoms with Crippen molar-refractivity contribution in [1.29, 1.82) is 0 Å². The number of fused-ring (bicyclic) bond motifs is 1. The molecule has 0 spiro atoms. The van der Waals surface area contributed by atoms with Crippen molar-refractivity contribution in [2.24, 2.45) is 0 Å². The summed E-state index contributed by atoms with van der Waals surface area (Å²) in [6.07, 6.45) is -2.15. The van der Waals surface area contributed by atoms with Crippen molar-refractivity contribution < 1.29 is 13.2 Å². The molecule has 0 fully saturated rings. The van der Waals surface area contributed by atoms with Crippen LogP contribution < -0.4 is 0 Å². The lowest BCUT2D eigenvalue weighted by Gasteiger charge is -2.17. The van der Waals surface area contributed by atoms with E-state index in [1.54, 1.807) is 11.9 Å². The summed E-state index contributed by atoms with van der Waals surface area (Å²) in [5.41, 5.74) is 2.21. The third-order valence-electron chi connectivity index (χ3n) is 3.21. The van der Waals surface area contributed by atoms with Crippen LogP contribution >= 0.6 is 0 Å². The Bertz CT molecular complexity index is 531. The number of nitrogens with zero attached hydrogens (tertiary/aromatic N) is 1. The molecule has 0 aliphatic rings. The van der Waals surface area contributed by atoms with Crippen LogP contribution in [0.3, 0.4) is 0 Å². The van der Waals surface area contributed by atoms with Gasteiger partial charge in [0, 0.05) is 30.2 Å². The van der Waals surface area contributed by atoms with E-state index in [9.17, 15) is 13.2 Å². The molecule has 0 radical (unpaired) electrons. The lowest BCUT2D eigenvalue weighted by Crippen LogP contribution is -2.26. The van der Waals surface area contributed by atoms with Crippen LogP contribution in [0, 0.1) is 0 Å². The molecule has 0 aliphatic heterocycles. The minimum absolute atomic E-state index is 0.0475. The third kappa shape index (κ3) is 3.99. The number of benzene rings is 1. The maximum Gasteiger partial charge on any atom is 0.390 e. The molecule has 1 heterocycles. The van der Waals surface area contributed by atoms with Crippen LogP contribution in [0.4, 0.5) is 13.2 Å². The molecule has 1 N–H and O–H groups in total. The maximum absolute atomic E-state index is 12.1. The molecular formula is C14H17F3N2. The quantitative estimate of drug-likeness (QED) is 0.879. The fraction of sp³-hybridized carbons (Fsp3) is 0.429. The van der Waals surface area contributed by atoms with Crippen molar-refractivity contribution in [3.8, 4) is 0 Å². The normalized spacial score (nSPS) is 12.5. The van der Waals surface area contributed by atoms with Gasteiger partial charge in [-0.1, -0.05) is 18.2 Å². The number of rotatable bonds is 5. The summed E-state index contributed by atoms with van der Waals surface area (Å²) in [7, 11) is 1.72. The Morgan fingerprint density at radius 1 is 1.16 bits per heavy atom. The summed E-state index contributed by atoms with van der Waals surface area (Å²) in [5.74, 6) is 0. The second kappa shape index (κ2) is 5.65. The Morgan fingerprint density at radius 2 is 1.89 bits per heavy atom. The number of aromatic nitrogens is 1. The number of alkyl halides is 3. The summed E-state index contributed by atoms with van der Waals surface area (Å²) in [5, 5.41) is 1.15. The monoisotopic (exact) mass is 270 g/mol. The predicted octanol–water partition coefficient (Wildman–Crippen LogP) is 3.59. The van der Waals surface area contributed by atoms with E-state index >= 15 is 0 Å². The van der Waals surface area contributed by atoms with Gasteiger partial charge >= 0.3 is 6.18 Å². The Kier molecular flexibility index (Phi) is 4.14. The van der Waals surface area contributed by atoms with Crippen LogP contribution in [0.1, 0.15) is 12.0 Å². The summed E-state index contributed by atoms with van der Waals surface area (Å²) in [6.45, 7) is 0.670. The Hall–Kier alpha value is -1.49. The van der Waals surface area contributed by atoms with E-state index in [0.29, 0.717) is 6.54 Å². The number of para-hydroxylation sites is 1. The van der Waals surface area contributed by atoms with Crippen LogP contribution in [0.25, 0.3) is 10.9 Å². The van der Waals surface area contributed by atoms with E-state index in [0.717, 1.165) is 22.9 Å². The molecule has 0 atom stereocenters. The molecule has 0 aliphatic carbocycles. The standard InChI is InChI=1S/C14H17F3N2/c1-19(9-7-14(15,16)17)8-6-11-10-18-13-5-3-2-4-12(11)13/h2-5,10,18H,6-9H2,1H3. The molecule has 2 nitrogen and oxygen atoms in total. The average molecular weight is 270 g/mol. The second-order valence-corrected chi connectivity index (χ2v) is 4.78. The molecule has 2 aromatic rings. The molecule has 0 unspecified atom stereocenters. The fourth-order valence-electron chi connectivity index (χ4n) is 2.08. The first-order valence-corrected chi connectivity index (χ1v) is 6.26. The zero-order chi connectivity index (χ0) is 13.9. The first-order valence-electron chi connectivity index (χ1n) is 6.26. The highest BCUT2D eigenvalue weighted by Crippen LogP contribution is 2.20. The van der Waals surface area contributed by atoms with Crippen LogP contribution in [-0.2, 0) is 6.42 Å². The number of hydrogen-bond acceptors (Lipinski definition) is 1. The molecule has 5 heteroatoms. The van der Waals surface area contributed by atoms with Crippen molar-refractivity contribution in [2.75, 3.05) is 20.1 Å². The van der Waals surface area contributed by atoms with E-state index in [1.165, 1.54) is 0 Å². The van der Waals surface area contributed by atoms with Gasteiger partial charge in [0.25, 0.3) is 0 Å². The van der Waals surface area contributed by atoms with Gasteiger partial charge in [-0.15, -0.1) is 0 Å². The van der Waals surface area contributed by atoms with E-state index in [-0.39, 0.29) is 6.54 Å². The van der Waals surface area contributed by atoms with Gasteiger partial charge in [0.05, 0.1) is 6.42 Å². The highest BCUT2D eigenvalue weighted by atomic mass is 19.4. The first kappa shape index (κ1) is 13.9. The molecule has 0 bridgehead atoms. The lowest BCUT2D eigenvalue weighted by molar-refractivity contribution is -0.137. The summed E-state index contributed by atoms with van der Waals surface area (Å²) in [4.78, 5) is 4.89. The van der Waals surface area contributed by atoms with Crippen molar-refractivity contribution in [3.05, 3.63) is 36.0 Å². The molecule has 0 saturated carbocycles. The number of nitrogens with one attached hydrogen (secondary N) is 1. The predicted molar refractivity (Wildman–Crippen MR) is 70.2 cm³/mol. The Morgan fingerprint density at radius 3 is 2.63 bits per heavy atom. The van der Waals surface area contributed by atoms with Gasteiger partial charge in [-0.25, -0.2) is 0 Å². The van der Waals surface area contributed by atoms with E-state index in [2.05, 4.69) is 4.98 Å². The number of H-pyrrole nitrogens is 1. The van der Waals surface area contributed by atoms with Crippen LogP contribution in [0.2, 0.25) is 0 Å². The molecule has 104 valence electrons. The van der Waals surface area contributed by atoms with Crippen molar-refractivity contribution in [1.82, 2.24) is 9.88 Å². The summed E-state index contributed by atoms with van der Waals surface area (Å²) < 4.78 is 36.3. The Labute approximate surface area is 110 Å². The van der Waals surface area contributed by atoms with E-state index in [1.807, 2.05) is 30.5 Å². The molecule has 0 amide bonds. The second-order valence-electron chi connectivity index (χ2n) is 4.78. The lowest BCUT2D eigenvalue weighted by atomic mass is 10.1. The molecule has 1 aromatic heterocycles. The largest absolute Gasteiger partial charge is 0.390 e. The maximum atomic E-state index is 12.1. The van der Waals surface area contributed by atoms with Crippen molar-refractivity contribution in [3.63, 3.8) is 0 Å². The SMILES string of the molecule is CN(CCc1c[nH]c2ccccc12)CCC(F)(F)F. The van der Waals surface area contributed by atoms with Gasteiger partial charge in [-0.05, 0) is 25.1 Å². The topological polar surface area (TPSA) is 19.0 Å². The van der Waals surface area contributed by atoms with Gasteiger partial charge < -0.3 is 9.88 Å². The van der Waals surface area contributed by atoms with Crippen molar-refractivity contribution in [2.45, 2.75) is 19.0 Å². The number of likely N-dealkylation sites (N-methyl/N-ethyl adjacent to an activating group) is 1. The fourth-order valence-corrected chi connectivity index (χ4v) is 2.08. The summed E-state index contributed by atoms with van der Waals surface area (Å²) in [6, 6.07) is 7.94. The smallest absolute Gasteiger partial charge is 0.361 e. The molecular weight excluding hydrogens is 253 g/mol. The molecule has 1 aromatic carbocycles. The highest BCUT2D eigenvalue weighted by Gasteiger charge is 2.26. The van der Waals surface area contributed by atoms with Gasteiger partial charge in [0.2, 0.25) is 0 Å². The number of aromatic amines is 1. The molecule has 19 heavy (non-hydrogen) atoms. The molecule has 2 rings (SSSR count). The zero-order valence-electron chi connectivity index (χ0n) is 10.8. The van der Waals surface area contributed by atoms with E-state index < -0.39 is 12.6 Å². The highest BCUT2D eigenvalue weighted by molar-refractivity contribution is 5.83. The average Bonchev–Trinajstić information content (AvgIpc) is 2.76. The van der Waals surface area contributed by atoms with Crippen LogP contribution in [-0.4, -0.2) is 36.2 Å². The van der Waals surface area contributed by atoms with E-state index in [4.69, 9.17) is 0 Å². The van der Waals surface area contributed by atoms with Crippen LogP contribution in [0.5, 0.6) is 0 Å². The first-order chi connectivity index (χ1) is 8.96. The number of halogens is 3. The zero-order valence-corrected chi connectivity index (χ0v) is 10.8. The van der Waals surface area contributed by atoms with Gasteiger partial charge in [0.15, 0.2) is 0 Å². The van der Waals surface area contributed by atoms with Gasteiger partial charge in [-0.3, -0.25) is 0 Å². The number of hydrogen-bond donors (Lipinski definition) is 1. The minimum Gasteiger partial charge on any atom is -0.361 e. The van der Waals surface area contributed by atoms with Crippen LogP contribution in [0.15, 0.2) is 30.5 Å². The minimum atomic E-state index is -4.07. The van der Waals surface area contributed by atoms with Gasteiger partial charge in [0.1, 0.15) is 0 Å². The van der Waals surface area contributed by atoms with Crippen molar-refractivity contribution >= 4 is 10.9 Å². The van der Waals surface area contributed by atoms with Gasteiger partial charge in [-0.2, -0.15) is 13.2 Å². The Balaban J connectivity index is 1.88.